The quantitative estimate of drug-likeness (QED) is 0.911. The summed E-state index contributed by atoms with van der Waals surface area (Å²) in [6.07, 6.45) is 3.03. The Hall–Kier alpha value is -1.52. The van der Waals surface area contributed by atoms with Crippen molar-refractivity contribution in [2.45, 2.75) is 0 Å². The zero-order valence-corrected chi connectivity index (χ0v) is 10.5. The Morgan fingerprint density at radius 3 is 2.82 bits per heavy atom. The van der Waals surface area contributed by atoms with E-state index in [1.54, 1.807) is 36.1 Å². The van der Waals surface area contributed by atoms with Crippen molar-refractivity contribution < 1.29 is 4.79 Å². The largest absolute Gasteiger partial charge is 0.330 e. The summed E-state index contributed by atoms with van der Waals surface area (Å²) in [7, 11) is 1.74. The summed E-state index contributed by atoms with van der Waals surface area (Å²) in [4.78, 5) is 15.8. The maximum atomic E-state index is 11.9. The molecule has 2 aromatic rings. The molecule has 1 aromatic carbocycles. The third-order valence-electron chi connectivity index (χ3n) is 2.23. The minimum atomic E-state index is -0.283. The molecule has 1 N–H and O–H groups in total. The number of imidazole rings is 1. The average molecular weight is 270 g/mol. The van der Waals surface area contributed by atoms with Crippen LogP contribution in [0.1, 0.15) is 10.5 Å². The highest BCUT2D eigenvalue weighted by molar-refractivity contribution is 6.35. The van der Waals surface area contributed by atoms with Crippen LogP contribution >= 0.6 is 23.2 Å². The van der Waals surface area contributed by atoms with Gasteiger partial charge in [0.05, 0.1) is 23.2 Å². The molecule has 1 heterocycles. The standard InChI is InChI=1S/C11H9Cl2N3O/c1-16-6-14-5-10(16)11(17)15-9-4-7(12)2-3-8(9)13/h2-6H,1H3,(H,15,17). The van der Waals surface area contributed by atoms with Gasteiger partial charge in [-0.05, 0) is 18.2 Å². The van der Waals surface area contributed by atoms with Gasteiger partial charge in [0.25, 0.3) is 5.91 Å². The maximum Gasteiger partial charge on any atom is 0.273 e. The Balaban J connectivity index is 2.24. The lowest BCUT2D eigenvalue weighted by molar-refractivity contribution is 0.101. The van der Waals surface area contributed by atoms with Gasteiger partial charge in [-0.25, -0.2) is 4.98 Å². The van der Waals surface area contributed by atoms with Crippen LogP contribution in [0.15, 0.2) is 30.7 Å². The van der Waals surface area contributed by atoms with Gasteiger partial charge in [-0.15, -0.1) is 0 Å². The topological polar surface area (TPSA) is 46.9 Å². The molecule has 0 aliphatic heterocycles. The van der Waals surface area contributed by atoms with Crippen molar-refractivity contribution in [3.05, 3.63) is 46.5 Å². The molecule has 1 aromatic heterocycles. The number of halogens is 2. The summed E-state index contributed by atoms with van der Waals surface area (Å²) >= 11 is 11.8. The molecule has 0 fully saturated rings. The first-order chi connectivity index (χ1) is 8.08. The minimum Gasteiger partial charge on any atom is -0.330 e. The normalized spacial score (nSPS) is 10.3. The lowest BCUT2D eigenvalue weighted by atomic mass is 10.3. The Bertz CT molecular complexity index is 566. The number of anilines is 1. The van der Waals surface area contributed by atoms with Gasteiger partial charge in [-0.2, -0.15) is 0 Å². The summed E-state index contributed by atoms with van der Waals surface area (Å²) in [6, 6.07) is 4.88. The summed E-state index contributed by atoms with van der Waals surface area (Å²) in [5.41, 5.74) is 0.923. The van der Waals surface area contributed by atoms with Crippen molar-refractivity contribution >= 4 is 34.8 Å². The first-order valence-electron chi connectivity index (χ1n) is 4.80. The van der Waals surface area contributed by atoms with Crippen LogP contribution < -0.4 is 5.32 Å². The second-order valence-corrected chi connectivity index (χ2v) is 4.31. The Morgan fingerprint density at radius 2 is 2.18 bits per heavy atom. The third-order valence-corrected chi connectivity index (χ3v) is 2.79. The Morgan fingerprint density at radius 1 is 1.41 bits per heavy atom. The van der Waals surface area contributed by atoms with Gasteiger partial charge in [0.15, 0.2) is 0 Å². The number of hydrogen-bond donors (Lipinski definition) is 1. The van der Waals surface area contributed by atoms with Gasteiger partial charge < -0.3 is 9.88 Å². The van der Waals surface area contributed by atoms with E-state index >= 15 is 0 Å². The summed E-state index contributed by atoms with van der Waals surface area (Å²) in [5, 5.41) is 3.62. The average Bonchev–Trinajstić information content (AvgIpc) is 2.70. The van der Waals surface area contributed by atoms with Gasteiger partial charge in [-0.1, -0.05) is 23.2 Å². The number of hydrogen-bond acceptors (Lipinski definition) is 2. The highest BCUT2D eigenvalue weighted by Crippen LogP contribution is 2.25. The third kappa shape index (κ3) is 2.60. The van der Waals surface area contributed by atoms with E-state index in [2.05, 4.69) is 10.3 Å². The van der Waals surface area contributed by atoms with Crippen LogP contribution in [0.25, 0.3) is 0 Å². The van der Waals surface area contributed by atoms with Crippen LogP contribution in [0.4, 0.5) is 5.69 Å². The smallest absolute Gasteiger partial charge is 0.273 e. The van der Waals surface area contributed by atoms with E-state index < -0.39 is 0 Å². The Labute approximate surface area is 108 Å². The van der Waals surface area contributed by atoms with Crippen LogP contribution in [-0.2, 0) is 7.05 Å². The summed E-state index contributed by atoms with van der Waals surface area (Å²) < 4.78 is 1.62. The number of benzene rings is 1. The molecule has 6 heteroatoms. The number of carbonyl (C=O) groups excluding carboxylic acids is 1. The van der Waals surface area contributed by atoms with Gasteiger partial charge in [0.2, 0.25) is 0 Å². The van der Waals surface area contributed by atoms with Gasteiger partial charge in [-0.3, -0.25) is 4.79 Å². The molecule has 2 rings (SSSR count). The molecule has 0 spiro atoms. The van der Waals surface area contributed by atoms with E-state index in [4.69, 9.17) is 23.2 Å². The Kier molecular flexibility index (Phi) is 3.36. The molecule has 4 nitrogen and oxygen atoms in total. The minimum absolute atomic E-state index is 0.283. The lowest BCUT2D eigenvalue weighted by Crippen LogP contribution is -2.15. The van der Waals surface area contributed by atoms with Crippen LogP contribution in [-0.4, -0.2) is 15.5 Å². The molecule has 0 saturated carbocycles. The summed E-state index contributed by atoms with van der Waals surface area (Å²) in [5.74, 6) is -0.283. The maximum absolute atomic E-state index is 11.9. The highest BCUT2D eigenvalue weighted by Gasteiger charge is 2.11. The van der Waals surface area contributed by atoms with Crippen molar-refractivity contribution in [1.82, 2.24) is 9.55 Å². The molecule has 0 atom stereocenters. The molecular weight excluding hydrogens is 261 g/mol. The number of aryl methyl sites for hydroxylation is 1. The molecule has 17 heavy (non-hydrogen) atoms. The lowest BCUT2D eigenvalue weighted by Gasteiger charge is -2.07. The number of rotatable bonds is 2. The van der Waals surface area contributed by atoms with E-state index in [0.717, 1.165) is 0 Å². The highest BCUT2D eigenvalue weighted by atomic mass is 35.5. The van der Waals surface area contributed by atoms with Crippen molar-refractivity contribution in [1.29, 1.82) is 0 Å². The van der Waals surface area contributed by atoms with Gasteiger partial charge in [0, 0.05) is 12.1 Å². The zero-order valence-electron chi connectivity index (χ0n) is 8.95. The molecular formula is C11H9Cl2N3O. The second kappa shape index (κ2) is 4.77. The molecule has 1 amide bonds. The molecule has 0 aliphatic carbocycles. The van der Waals surface area contributed by atoms with Crippen LogP contribution in [0, 0.1) is 0 Å². The molecule has 0 unspecified atom stereocenters. The van der Waals surface area contributed by atoms with Gasteiger partial charge in [0.1, 0.15) is 5.69 Å². The fourth-order valence-electron chi connectivity index (χ4n) is 1.36. The van der Waals surface area contributed by atoms with E-state index in [0.29, 0.717) is 21.4 Å². The van der Waals surface area contributed by atoms with Crippen molar-refractivity contribution in [2.24, 2.45) is 7.05 Å². The van der Waals surface area contributed by atoms with Gasteiger partial charge >= 0.3 is 0 Å². The first kappa shape index (κ1) is 12.0. The van der Waals surface area contributed by atoms with Crippen molar-refractivity contribution in [3.8, 4) is 0 Å². The van der Waals surface area contributed by atoms with E-state index in [-0.39, 0.29) is 5.91 Å². The molecule has 0 radical (unpaired) electrons. The molecule has 0 bridgehead atoms. The molecule has 88 valence electrons. The van der Waals surface area contributed by atoms with E-state index in [1.165, 1.54) is 6.20 Å². The zero-order chi connectivity index (χ0) is 12.4. The first-order valence-corrected chi connectivity index (χ1v) is 5.56. The van der Waals surface area contributed by atoms with Crippen molar-refractivity contribution in [3.63, 3.8) is 0 Å². The number of aromatic nitrogens is 2. The van der Waals surface area contributed by atoms with Crippen LogP contribution in [0.3, 0.4) is 0 Å². The predicted octanol–water partition coefficient (Wildman–Crippen LogP) is 2.98. The fraction of sp³-hybridized carbons (Fsp3) is 0.0909. The SMILES string of the molecule is Cn1cncc1C(=O)Nc1cc(Cl)ccc1Cl. The number of nitrogens with one attached hydrogen (secondary N) is 1. The summed E-state index contributed by atoms with van der Waals surface area (Å²) in [6.45, 7) is 0. The number of carbonyl (C=O) groups is 1. The fourth-order valence-corrected chi connectivity index (χ4v) is 1.69. The second-order valence-electron chi connectivity index (χ2n) is 3.47. The molecule has 0 saturated heterocycles. The number of amides is 1. The number of nitrogens with zero attached hydrogens (tertiary/aromatic N) is 2. The molecule has 0 aliphatic rings. The predicted molar refractivity (Wildman–Crippen MR) is 67.6 cm³/mol. The van der Waals surface area contributed by atoms with Crippen molar-refractivity contribution in [2.75, 3.05) is 5.32 Å². The monoisotopic (exact) mass is 269 g/mol. The van der Waals surface area contributed by atoms with E-state index in [9.17, 15) is 4.79 Å². The van der Waals surface area contributed by atoms with E-state index in [1.807, 2.05) is 0 Å². The van der Waals surface area contributed by atoms with Crippen LogP contribution in [0.2, 0.25) is 10.0 Å². The van der Waals surface area contributed by atoms with Crippen LogP contribution in [0.5, 0.6) is 0 Å².